The fourth-order valence-electron chi connectivity index (χ4n) is 4.21. The summed E-state index contributed by atoms with van der Waals surface area (Å²) in [6.07, 6.45) is 2.12. The molecular formula is C25H21BrN4OS2. The molecule has 3 heterocycles. The third kappa shape index (κ3) is 4.64. The summed E-state index contributed by atoms with van der Waals surface area (Å²) >= 11 is 10.9. The molecule has 5 rings (SSSR count). The van der Waals surface area contributed by atoms with E-state index < -0.39 is 0 Å². The lowest BCUT2D eigenvalue weighted by Crippen LogP contribution is -2.32. The molecule has 0 saturated carbocycles. The van der Waals surface area contributed by atoms with Gasteiger partial charge in [0, 0.05) is 45.0 Å². The largest absolute Gasteiger partial charge is 0.352 e. The van der Waals surface area contributed by atoms with Crippen molar-refractivity contribution in [2.24, 2.45) is 0 Å². The van der Waals surface area contributed by atoms with Crippen LogP contribution in [0.5, 0.6) is 0 Å². The number of benzene rings is 2. The first-order chi connectivity index (χ1) is 16.1. The minimum Gasteiger partial charge on any atom is -0.352 e. The van der Waals surface area contributed by atoms with Gasteiger partial charge in [0.25, 0.3) is 0 Å². The number of nitrogens with zero attached hydrogens (tertiary/aromatic N) is 2. The number of aromatic nitrogens is 1. The van der Waals surface area contributed by atoms with E-state index >= 15 is 0 Å². The van der Waals surface area contributed by atoms with Gasteiger partial charge in [0.15, 0.2) is 5.11 Å². The second-order valence-corrected chi connectivity index (χ2v) is 10.1. The summed E-state index contributed by atoms with van der Waals surface area (Å²) in [6, 6.07) is 21.9. The third-order valence-electron chi connectivity index (χ3n) is 5.72. The fraction of sp³-hybridized carbons (Fsp3) is 0.160. The lowest BCUT2D eigenvalue weighted by atomic mass is 10.0. The van der Waals surface area contributed by atoms with Crippen LogP contribution in [0.15, 0.2) is 82.8 Å². The highest BCUT2D eigenvalue weighted by Gasteiger charge is 2.40. The number of carbonyl (C=O) groups excluding carboxylic acids is 1. The molecule has 33 heavy (non-hydrogen) atoms. The Bertz CT molecular complexity index is 1300. The van der Waals surface area contributed by atoms with Crippen molar-refractivity contribution in [3.05, 3.63) is 93.4 Å². The maximum absolute atomic E-state index is 12.9. The number of halogens is 1. The van der Waals surface area contributed by atoms with Gasteiger partial charge in [0.05, 0.1) is 17.8 Å². The van der Waals surface area contributed by atoms with Crippen LogP contribution in [0.3, 0.4) is 0 Å². The van der Waals surface area contributed by atoms with E-state index in [4.69, 9.17) is 12.2 Å². The maximum Gasteiger partial charge on any atom is 0.226 e. The highest BCUT2D eigenvalue weighted by molar-refractivity contribution is 9.10. The Kier molecular flexibility index (Phi) is 6.39. The quantitative estimate of drug-likeness (QED) is 0.293. The number of hydrogen-bond acceptors (Lipinski definition) is 4. The van der Waals surface area contributed by atoms with Crippen molar-refractivity contribution >= 4 is 67.0 Å². The second-order valence-electron chi connectivity index (χ2n) is 7.81. The van der Waals surface area contributed by atoms with Crippen molar-refractivity contribution < 1.29 is 4.79 Å². The standard InChI is InChI=1S/C25H21BrN4OS2/c26-17-14-21(33-15-17)24-23(20-9-3-4-12-27-20)29-25(32)30(24)13-11-22(31)28-19-10-5-7-16-6-1-2-8-18(16)19/h1-10,12,14-15,23-24H,11,13H2,(H,28,31)(H,29,32). The molecule has 2 unspecified atom stereocenters. The number of pyridine rings is 1. The zero-order valence-corrected chi connectivity index (χ0v) is 20.8. The number of amides is 1. The molecule has 2 aromatic carbocycles. The highest BCUT2D eigenvalue weighted by atomic mass is 79.9. The second kappa shape index (κ2) is 9.59. The minimum absolute atomic E-state index is 0.0333. The predicted molar refractivity (Wildman–Crippen MR) is 141 cm³/mol. The Morgan fingerprint density at radius 3 is 2.76 bits per heavy atom. The summed E-state index contributed by atoms with van der Waals surface area (Å²) < 4.78 is 1.04. The zero-order valence-electron chi connectivity index (χ0n) is 17.6. The van der Waals surface area contributed by atoms with Gasteiger partial charge in [-0.05, 0) is 57.8 Å². The van der Waals surface area contributed by atoms with E-state index in [0.29, 0.717) is 18.1 Å². The van der Waals surface area contributed by atoms with Crippen LogP contribution in [0.2, 0.25) is 0 Å². The average Bonchev–Trinajstić information content (AvgIpc) is 3.41. The first kappa shape index (κ1) is 22.0. The molecule has 2 atom stereocenters. The molecule has 0 aliphatic carbocycles. The molecule has 1 amide bonds. The predicted octanol–water partition coefficient (Wildman–Crippen LogP) is 6.06. The molecule has 1 fully saturated rings. The van der Waals surface area contributed by atoms with E-state index in [1.54, 1.807) is 17.5 Å². The Morgan fingerprint density at radius 1 is 1.15 bits per heavy atom. The lowest BCUT2D eigenvalue weighted by Gasteiger charge is -2.26. The Hall–Kier alpha value is -2.81. The van der Waals surface area contributed by atoms with Gasteiger partial charge >= 0.3 is 0 Å². The highest BCUT2D eigenvalue weighted by Crippen LogP contribution is 2.41. The van der Waals surface area contributed by atoms with Gasteiger partial charge < -0.3 is 15.5 Å². The Labute approximate surface area is 210 Å². The number of thiocarbonyl (C=S) groups is 1. The molecule has 8 heteroatoms. The average molecular weight is 538 g/mol. The molecule has 2 N–H and O–H groups in total. The molecule has 1 aliphatic heterocycles. The fourth-order valence-corrected chi connectivity index (χ4v) is 6.13. The summed E-state index contributed by atoms with van der Waals surface area (Å²) in [4.78, 5) is 20.7. The van der Waals surface area contributed by atoms with Crippen LogP contribution < -0.4 is 10.6 Å². The molecule has 166 valence electrons. The van der Waals surface area contributed by atoms with E-state index in [1.165, 1.54) is 4.88 Å². The molecule has 0 radical (unpaired) electrons. The van der Waals surface area contributed by atoms with Gasteiger partial charge in [-0.15, -0.1) is 11.3 Å². The first-order valence-corrected chi connectivity index (χ1v) is 12.7. The zero-order chi connectivity index (χ0) is 22.8. The Balaban J connectivity index is 1.35. The third-order valence-corrected chi connectivity index (χ3v) is 7.84. The number of anilines is 1. The van der Waals surface area contributed by atoms with Gasteiger partial charge in [-0.1, -0.05) is 42.5 Å². The summed E-state index contributed by atoms with van der Waals surface area (Å²) in [7, 11) is 0. The van der Waals surface area contributed by atoms with E-state index in [2.05, 4.69) is 47.9 Å². The monoisotopic (exact) mass is 536 g/mol. The number of carbonyl (C=O) groups is 1. The van der Waals surface area contributed by atoms with Crippen LogP contribution in [0, 0.1) is 0 Å². The van der Waals surface area contributed by atoms with E-state index in [1.807, 2.05) is 60.7 Å². The first-order valence-electron chi connectivity index (χ1n) is 10.6. The molecule has 1 aliphatic rings. The van der Waals surface area contributed by atoms with Gasteiger partial charge in [0.1, 0.15) is 0 Å². The van der Waals surface area contributed by atoms with Gasteiger partial charge in [-0.2, -0.15) is 0 Å². The van der Waals surface area contributed by atoms with Crippen LogP contribution in [0.25, 0.3) is 10.8 Å². The molecular weight excluding hydrogens is 516 g/mol. The summed E-state index contributed by atoms with van der Waals surface area (Å²) in [5.74, 6) is -0.0402. The summed E-state index contributed by atoms with van der Waals surface area (Å²) in [6.45, 7) is 0.506. The maximum atomic E-state index is 12.9. The topological polar surface area (TPSA) is 57.3 Å². The van der Waals surface area contributed by atoms with Crippen LogP contribution in [-0.4, -0.2) is 27.4 Å². The molecule has 0 bridgehead atoms. The SMILES string of the molecule is O=C(CCN1C(=S)NC(c2ccccn2)C1c1cc(Br)cs1)Nc1cccc2ccccc12. The van der Waals surface area contributed by atoms with Crippen LogP contribution in [0.4, 0.5) is 5.69 Å². The summed E-state index contributed by atoms with van der Waals surface area (Å²) in [5.41, 5.74) is 1.75. The van der Waals surface area contributed by atoms with E-state index in [0.717, 1.165) is 26.6 Å². The number of rotatable bonds is 6. The van der Waals surface area contributed by atoms with Crippen molar-refractivity contribution in [3.63, 3.8) is 0 Å². The van der Waals surface area contributed by atoms with Crippen molar-refractivity contribution in [1.29, 1.82) is 0 Å². The molecule has 2 aromatic heterocycles. The van der Waals surface area contributed by atoms with Gasteiger partial charge in [0.2, 0.25) is 5.91 Å². The molecule has 5 nitrogen and oxygen atoms in total. The van der Waals surface area contributed by atoms with Crippen molar-refractivity contribution in [2.45, 2.75) is 18.5 Å². The number of hydrogen-bond donors (Lipinski definition) is 2. The number of thiophene rings is 1. The molecule has 4 aromatic rings. The lowest BCUT2D eigenvalue weighted by molar-refractivity contribution is -0.116. The van der Waals surface area contributed by atoms with Crippen molar-refractivity contribution in [3.8, 4) is 0 Å². The van der Waals surface area contributed by atoms with Crippen LogP contribution >= 0.6 is 39.5 Å². The van der Waals surface area contributed by atoms with Crippen LogP contribution in [-0.2, 0) is 4.79 Å². The summed E-state index contributed by atoms with van der Waals surface area (Å²) in [5, 5.41) is 11.3. The number of fused-ring (bicyclic) bond motifs is 1. The van der Waals surface area contributed by atoms with Gasteiger partial charge in [-0.25, -0.2) is 0 Å². The normalized spacial score (nSPS) is 17.8. The van der Waals surface area contributed by atoms with Gasteiger partial charge in [-0.3, -0.25) is 9.78 Å². The Morgan fingerprint density at radius 2 is 1.97 bits per heavy atom. The molecule has 0 spiro atoms. The number of nitrogens with one attached hydrogen (secondary N) is 2. The smallest absolute Gasteiger partial charge is 0.226 e. The van der Waals surface area contributed by atoms with E-state index in [9.17, 15) is 4.79 Å². The van der Waals surface area contributed by atoms with Crippen molar-refractivity contribution in [1.82, 2.24) is 15.2 Å². The van der Waals surface area contributed by atoms with Crippen LogP contribution in [0.1, 0.15) is 29.1 Å². The minimum atomic E-state index is -0.0784. The molecule has 1 saturated heterocycles. The van der Waals surface area contributed by atoms with Crippen molar-refractivity contribution in [2.75, 3.05) is 11.9 Å². The van der Waals surface area contributed by atoms with E-state index in [-0.39, 0.29) is 18.0 Å².